The second-order valence-corrected chi connectivity index (χ2v) is 14.8. The second-order valence-electron chi connectivity index (χ2n) is 14.8. The molecule has 10 rings (SSSR count). The predicted octanol–water partition coefficient (Wildman–Crippen LogP) is 13.7. The van der Waals surface area contributed by atoms with Crippen molar-refractivity contribution < 1.29 is 25.5 Å². The Bertz CT molecular complexity index is 3120. The maximum Gasteiger partial charge on any atom is 0.208 e. The Kier molecular flexibility index (Phi) is 8.50. The van der Waals surface area contributed by atoms with Crippen molar-refractivity contribution in [3.05, 3.63) is 188 Å². The maximum absolute atomic E-state index is 11.1. The lowest BCUT2D eigenvalue weighted by Gasteiger charge is -2.20. The molecule has 0 radical (unpaired) electrons. The van der Waals surface area contributed by atoms with E-state index in [2.05, 4.69) is 127 Å². The van der Waals surface area contributed by atoms with Gasteiger partial charge in [-0.05, 0) is 118 Å². The van der Waals surface area contributed by atoms with Crippen molar-refractivity contribution >= 4 is 32.3 Å². The maximum atomic E-state index is 11.1. The van der Waals surface area contributed by atoms with Gasteiger partial charge in [0.2, 0.25) is 17.2 Å². The highest BCUT2D eigenvalue weighted by Crippen LogP contribution is 2.57. The minimum atomic E-state index is -0.996. The first-order valence-electron chi connectivity index (χ1n) is 19.4. The summed E-state index contributed by atoms with van der Waals surface area (Å²) in [6.45, 7) is 0. The fraction of sp³-hybridized carbons (Fsp3) is 0. The molecule has 0 unspecified atom stereocenters. The second kappa shape index (κ2) is 14.2. The third kappa shape index (κ3) is 5.96. The van der Waals surface area contributed by atoms with E-state index in [1.54, 1.807) is 0 Å². The van der Waals surface area contributed by atoms with Crippen LogP contribution in [0.15, 0.2) is 188 Å². The Morgan fingerprint density at radius 2 is 0.644 bits per heavy atom. The normalized spacial score (nSPS) is 11.4. The van der Waals surface area contributed by atoms with Gasteiger partial charge >= 0.3 is 0 Å². The lowest BCUT2D eigenvalue weighted by Crippen LogP contribution is -1.93. The highest BCUT2D eigenvalue weighted by atomic mass is 16.4. The number of benzene rings is 10. The zero-order valence-corrected chi connectivity index (χ0v) is 31.6. The Labute approximate surface area is 340 Å². The average Bonchev–Trinajstić information content (AvgIpc) is 3.30. The molecule has 0 aliphatic rings. The predicted molar refractivity (Wildman–Crippen MR) is 240 cm³/mol. The van der Waals surface area contributed by atoms with Crippen LogP contribution in [0.4, 0.5) is 0 Å². The Morgan fingerprint density at radius 1 is 0.220 bits per heavy atom. The van der Waals surface area contributed by atoms with Crippen molar-refractivity contribution in [1.82, 2.24) is 0 Å². The molecule has 0 atom stereocenters. The highest BCUT2D eigenvalue weighted by Gasteiger charge is 2.28. The van der Waals surface area contributed by atoms with E-state index in [1.807, 2.05) is 60.7 Å². The van der Waals surface area contributed by atoms with E-state index < -0.39 is 28.7 Å². The van der Waals surface area contributed by atoms with Crippen LogP contribution in [-0.4, -0.2) is 25.5 Å². The molecule has 0 fully saturated rings. The number of phenols is 5. The lowest BCUT2D eigenvalue weighted by molar-refractivity contribution is 0.330. The summed E-state index contributed by atoms with van der Waals surface area (Å²) >= 11 is 0. The van der Waals surface area contributed by atoms with Gasteiger partial charge in [-0.2, -0.15) is 0 Å². The van der Waals surface area contributed by atoms with Crippen LogP contribution in [0.5, 0.6) is 28.7 Å². The summed E-state index contributed by atoms with van der Waals surface area (Å²) in [5, 5.41) is 58.8. The zero-order valence-electron chi connectivity index (χ0n) is 31.6. The van der Waals surface area contributed by atoms with Crippen molar-refractivity contribution in [2.45, 2.75) is 0 Å². The minimum absolute atomic E-state index is 0.178. The van der Waals surface area contributed by atoms with E-state index in [9.17, 15) is 25.5 Å². The van der Waals surface area contributed by atoms with Crippen LogP contribution in [0, 0.1) is 0 Å². The van der Waals surface area contributed by atoms with Gasteiger partial charge in [0.15, 0.2) is 11.5 Å². The number of fused-ring (bicyclic) bond motifs is 3. The van der Waals surface area contributed by atoms with Crippen LogP contribution >= 0.6 is 0 Å². The summed E-state index contributed by atoms with van der Waals surface area (Å²) in [6, 6.07) is 64.6. The molecular formula is C54H36O5. The molecule has 5 N–H and O–H groups in total. The summed E-state index contributed by atoms with van der Waals surface area (Å²) < 4.78 is 0. The van der Waals surface area contributed by atoms with Gasteiger partial charge in [0, 0.05) is 5.56 Å². The number of aromatic hydroxyl groups is 5. The first-order chi connectivity index (χ1) is 28.9. The number of rotatable bonds is 6. The van der Waals surface area contributed by atoms with Gasteiger partial charge in [0.25, 0.3) is 0 Å². The summed E-state index contributed by atoms with van der Waals surface area (Å²) in [5.74, 6) is -4.30. The molecule has 59 heavy (non-hydrogen) atoms. The summed E-state index contributed by atoms with van der Waals surface area (Å²) in [5.41, 5.74) is 11.2. The summed E-state index contributed by atoms with van der Waals surface area (Å²) in [6.07, 6.45) is 0. The van der Waals surface area contributed by atoms with Gasteiger partial charge in [-0.15, -0.1) is 0 Å². The van der Waals surface area contributed by atoms with Gasteiger partial charge in [-0.1, -0.05) is 158 Å². The van der Waals surface area contributed by atoms with E-state index in [0.29, 0.717) is 16.3 Å². The molecule has 0 spiro atoms. The van der Waals surface area contributed by atoms with Crippen LogP contribution < -0.4 is 0 Å². The number of phenolic OH excluding ortho intramolecular Hbond substituents is 5. The highest BCUT2D eigenvalue weighted by molar-refractivity contribution is 6.23. The monoisotopic (exact) mass is 764 g/mol. The van der Waals surface area contributed by atoms with Crippen molar-refractivity contribution in [1.29, 1.82) is 0 Å². The van der Waals surface area contributed by atoms with Gasteiger partial charge < -0.3 is 25.5 Å². The molecule has 0 aliphatic carbocycles. The third-order valence-electron chi connectivity index (χ3n) is 11.4. The van der Waals surface area contributed by atoms with Gasteiger partial charge in [0.1, 0.15) is 0 Å². The van der Waals surface area contributed by atoms with Gasteiger partial charge in [-0.3, -0.25) is 0 Å². The van der Waals surface area contributed by atoms with Crippen LogP contribution in [0.2, 0.25) is 0 Å². The molecule has 0 bridgehead atoms. The zero-order chi connectivity index (χ0) is 40.2. The van der Waals surface area contributed by atoms with Crippen LogP contribution in [-0.2, 0) is 0 Å². The summed E-state index contributed by atoms with van der Waals surface area (Å²) in [4.78, 5) is 0. The van der Waals surface area contributed by atoms with Crippen molar-refractivity contribution in [2.75, 3.05) is 0 Å². The molecule has 0 aromatic heterocycles. The first kappa shape index (κ1) is 35.4. The molecule has 0 saturated carbocycles. The number of hydrogen-bond acceptors (Lipinski definition) is 5. The molecule has 0 aliphatic heterocycles. The Hall–Kier alpha value is -8.02. The molecule has 10 aromatic rings. The van der Waals surface area contributed by atoms with E-state index in [-0.39, 0.29) is 5.56 Å². The van der Waals surface area contributed by atoms with E-state index in [1.165, 1.54) is 0 Å². The van der Waals surface area contributed by atoms with Crippen LogP contribution in [0.1, 0.15) is 0 Å². The minimum Gasteiger partial charge on any atom is -0.504 e. The molecular weight excluding hydrogens is 729 g/mol. The van der Waals surface area contributed by atoms with E-state index >= 15 is 0 Å². The Morgan fingerprint density at radius 3 is 1.20 bits per heavy atom. The first-order valence-corrected chi connectivity index (χ1v) is 19.4. The Balaban J connectivity index is 1.16. The van der Waals surface area contributed by atoms with E-state index in [0.717, 1.165) is 77.2 Å². The smallest absolute Gasteiger partial charge is 0.208 e. The molecule has 0 saturated heterocycles. The molecule has 0 amide bonds. The summed E-state index contributed by atoms with van der Waals surface area (Å²) in [7, 11) is 0. The quantitative estimate of drug-likeness (QED) is 0.0659. The third-order valence-corrected chi connectivity index (χ3v) is 11.4. The van der Waals surface area contributed by atoms with Crippen molar-refractivity contribution in [3.63, 3.8) is 0 Å². The number of hydrogen-bond donors (Lipinski definition) is 5. The molecule has 5 heteroatoms. The SMILES string of the molecule is Oc1c(O)c(O)c(-c2c3ccccc3c(-c3ccc4cccc(-c5cccc(-c6cc(-c7ccccc7)cc(-c7ccccc7)c6)c5)c4c3)c3ccccc23)c(O)c1O. The molecule has 10 aromatic carbocycles. The van der Waals surface area contributed by atoms with E-state index in [4.69, 9.17) is 0 Å². The molecule has 5 nitrogen and oxygen atoms in total. The lowest BCUT2D eigenvalue weighted by atomic mass is 9.84. The molecule has 282 valence electrons. The van der Waals surface area contributed by atoms with Gasteiger partial charge in [-0.25, -0.2) is 0 Å². The average molecular weight is 765 g/mol. The van der Waals surface area contributed by atoms with Gasteiger partial charge in [0.05, 0.1) is 5.56 Å². The topological polar surface area (TPSA) is 101 Å². The standard InChI is InChI=1S/C54H36O5/c55-50-49(51(56)53(58)54(59)52(50)57)48-44-22-9-7-20-42(44)47(43-21-8-10-23-45(43)48)37-26-25-34-17-12-24-41(46(34)31-37)36-19-11-18-35(27-36)40-29-38(32-13-3-1-4-14-32)28-39(30-40)33-15-5-2-6-16-33/h1-31,55-59H. The van der Waals surface area contributed by atoms with Crippen LogP contribution in [0.3, 0.4) is 0 Å². The largest absolute Gasteiger partial charge is 0.504 e. The molecule has 0 heterocycles. The fourth-order valence-electron chi connectivity index (χ4n) is 8.57. The van der Waals surface area contributed by atoms with Crippen molar-refractivity contribution in [3.8, 4) is 95.5 Å². The fourth-order valence-corrected chi connectivity index (χ4v) is 8.57. The van der Waals surface area contributed by atoms with Crippen LogP contribution in [0.25, 0.3) is 99.1 Å². The van der Waals surface area contributed by atoms with Crippen molar-refractivity contribution in [2.24, 2.45) is 0 Å².